The Balaban J connectivity index is 2.03. The molecule has 1 heterocycles. The minimum absolute atomic E-state index is 0.00868. The van der Waals surface area contributed by atoms with Crippen molar-refractivity contribution in [2.45, 2.75) is 50.1 Å². The molecule has 0 spiro atoms. The van der Waals surface area contributed by atoms with Gasteiger partial charge in [0.05, 0.1) is 10.9 Å². The fourth-order valence-electron chi connectivity index (χ4n) is 3.90. The molecule has 5 nitrogen and oxygen atoms in total. The number of aromatic carboxylic acids is 1. The molecule has 7 heteroatoms. The van der Waals surface area contributed by atoms with Crippen molar-refractivity contribution in [3.63, 3.8) is 0 Å². The van der Waals surface area contributed by atoms with E-state index in [4.69, 9.17) is 5.73 Å². The highest BCUT2D eigenvalue weighted by Crippen LogP contribution is 2.41. The van der Waals surface area contributed by atoms with Crippen molar-refractivity contribution >= 4 is 16.9 Å². The molecule has 0 radical (unpaired) electrons. The first-order valence-corrected chi connectivity index (χ1v) is 8.44. The number of aromatic nitrogens is 1. The Hall–Kier alpha value is -2.28. The number of hydrogen-bond acceptors (Lipinski definition) is 3. The summed E-state index contributed by atoms with van der Waals surface area (Å²) in [5.74, 6) is -3.27. The lowest BCUT2D eigenvalue weighted by molar-refractivity contribution is 0.0695. The number of hydrogen-bond donors (Lipinski definition) is 2. The number of pyridine rings is 1. The summed E-state index contributed by atoms with van der Waals surface area (Å²) in [5, 5.41) is 9.02. The van der Waals surface area contributed by atoms with E-state index in [1.807, 2.05) is 0 Å². The molecule has 2 unspecified atom stereocenters. The van der Waals surface area contributed by atoms with Gasteiger partial charge in [0, 0.05) is 23.8 Å². The zero-order valence-corrected chi connectivity index (χ0v) is 13.5. The lowest BCUT2D eigenvalue weighted by Gasteiger charge is -2.18. The molecule has 2 aliphatic rings. The highest BCUT2D eigenvalue weighted by molar-refractivity contribution is 5.93. The van der Waals surface area contributed by atoms with Crippen LogP contribution in [0.15, 0.2) is 17.1 Å². The van der Waals surface area contributed by atoms with E-state index in [-0.39, 0.29) is 34.5 Å². The normalized spacial score (nSPS) is 23.3. The zero-order chi connectivity index (χ0) is 17.9. The van der Waals surface area contributed by atoms with Crippen molar-refractivity contribution in [3.05, 3.63) is 45.2 Å². The summed E-state index contributed by atoms with van der Waals surface area (Å²) in [6, 6.07) is 0.852. The molecule has 0 amide bonds. The third-order valence-corrected chi connectivity index (χ3v) is 5.30. The number of carboxylic acids is 1. The zero-order valence-electron chi connectivity index (χ0n) is 13.5. The summed E-state index contributed by atoms with van der Waals surface area (Å²) in [5.41, 5.74) is 4.53. The number of benzene rings is 1. The first-order valence-electron chi connectivity index (χ1n) is 8.44. The van der Waals surface area contributed by atoms with Gasteiger partial charge in [-0.05, 0) is 44.1 Å². The molecule has 3 N–H and O–H groups in total. The average Bonchev–Trinajstić information content (AvgIpc) is 3.30. The van der Waals surface area contributed by atoms with Crippen LogP contribution in [0.1, 0.15) is 60.0 Å². The molecule has 2 fully saturated rings. The van der Waals surface area contributed by atoms with Crippen molar-refractivity contribution in [1.82, 2.24) is 4.57 Å². The Morgan fingerprint density at radius 2 is 1.96 bits per heavy atom. The van der Waals surface area contributed by atoms with E-state index < -0.39 is 28.6 Å². The van der Waals surface area contributed by atoms with E-state index in [9.17, 15) is 19.1 Å². The number of nitrogens with two attached hydrogens (primary N) is 1. The third kappa shape index (κ3) is 2.54. The van der Waals surface area contributed by atoms with Crippen LogP contribution in [0.4, 0.5) is 8.78 Å². The first kappa shape index (κ1) is 16.2. The molecule has 1 aromatic heterocycles. The van der Waals surface area contributed by atoms with Gasteiger partial charge < -0.3 is 15.4 Å². The number of carbonyl (C=O) groups is 1. The largest absolute Gasteiger partial charge is 0.477 e. The topological polar surface area (TPSA) is 85.3 Å². The van der Waals surface area contributed by atoms with E-state index in [1.54, 1.807) is 0 Å². The molecule has 2 aliphatic carbocycles. The van der Waals surface area contributed by atoms with Crippen molar-refractivity contribution in [2.24, 2.45) is 5.73 Å². The molecule has 0 aliphatic heterocycles. The van der Waals surface area contributed by atoms with Crippen LogP contribution in [0.5, 0.6) is 0 Å². The Labute approximate surface area is 142 Å². The maximum absolute atomic E-state index is 15.3. The number of nitrogens with zero attached hydrogens (tertiary/aromatic N) is 1. The highest BCUT2D eigenvalue weighted by atomic mass is 19.1. The van der Waals surface area contributed by atoms with Crippen LogP contribution < -0.4 is 11.2 Å². The van der Waals surface area contributed by atoms with Crippen molar-refractivity contribution in [1.29, 1.82) is 0 Å². The molecule has 1 aromatic carbocycles. The number of carboxylic acid groups (broad SMARTS) is 1. The van der Waals surface area contributed by atoms with Crippen LogP contribution >= 0.6 is 0 Å². The van der Waals surface area contributed by atoms with Gasteiger partial charge in [-0.3, -0.25) is 4.79 Å². The molecule has 2 saturated carbocycles. The van der Waals surface area contributed by atoms with Crippen LogP contribution in [-0.4, -0.2) is 21.7 Å². The Morgan fingerprint density at radius 3 is 2.52 bits per heavy atom. The molecule has 132 valence electrons. The van der Waals surface area contributed by atoms with Crippen LogP contribution in [0, 0.1) is 11.6 Å². The number of halogens is 2. The monoisotopic (exact) mass is 348 g/mol. The van der Waals surface area contributed by atoms with Gasteiger partial charge in [0.2, 0.25) is 5.43 Å². The quantitative estimate of drug-likeness (QED) is 0.893. The molecular formula is C18H18F2N2O3. The SMILES string of the molecule is NC1CCC(c2c(F)cc3c(=O)c(C(=O)O)cn(C4CC4)c3c2F)C1. The van der Waals surface area contributed by atoms with Gasteiger partial charge in [-0.25, -0.2) is 13.6 Å². The van der Waals surface area contributed by atoms with Gasteiger partial charge in [-0.2, -0.15) is 0 Å². The van der Waals surface area contributed by atoms with Gasteiger partial charge in [0.15, 0.2) is 5.82 Å². The lowest BCUT2D eigenvalue weighted by atomic mass is 9.94. The number of fused-ring (bicyclic) bond motifs is 1. The molecule has 4 rings (SSSR count). The highest BCUT2D eigenvalue weighted by Gasteiger charge is 2.33. The molecule has 25 heavy (non-hydrogen) atoms. The van der Waals surface area contributed by atoms with Crippen molar-refractivity contribution in [3.8, 4) is 0 Å². The van der Waals surface area contributed by atoms with Gasteiger partial charge in [-0.1, -0.05) is 0 Å². The maximum Gasteiger partial charge on any atom is 0.341 e. The summed E-state index contributed by atoms with van der Waals surface area (Å²) >= 11 is 0. The molecule has 0 saturated heterocycles. The van der Waals surface area contributed by atoms with E-state index in [1.165, 1.54) is 10.8 Å². The van der Waals surface area contributed by atoms with Gasteiger partial charge >= 0.3 is 5.97 Å². The van der Waals surface area contributed by atoms with Crippen molar-refractivity contribution in [2.75, 3.05) is 0 Å². The summed E-state index contributed by atoms with van der Waals surface area (Å²) < 4.78 is 31.4. The summed E-state index contributed by atoms with van der Waals surface area (Å²) in [6.45, 7) is 0. The van der Waals surface area contributed by atoms with Gasteiger partial charge in [0.25, 0.3) is 0 Å². The number of rotatable bonds is 3. The summed E-state index contributed by atoms with van der Waals surface area (Å²) in [6.07, 6.45) is 4.54. The minimum atomic E-state index is -1.40. The smallest absolute Gasteiger partial charge is 0.341 e. The third-order valence-electron chi connectivity index (χ3n) is 5.30. The van der Waals surface area contributed by atoms with Gasteiger partial charge in [-0.15, -0.1) is 0 Å². The standard InChI is InChI=1S/C18H18F2N2O3/c19-13-6-11-16(15(20)14(13)8-1-2-9(21)5-8)22(10-3-4-10)7-12(17(11)23)18(24)25/h6-10H,1-5,21H2,(H,24,25). The molecule has 0 bridgehead atoms. The van der Waals surface area contributed by atoms with Crippen LogP contribution in [0.3, 0.4) is 0 Å². The second-order valence-corrected chi connectivity index (χ2v) is 7.07. The molecule has 2 atom stereocenters. The van der Waals surface area contributed by atoms with Gasteiger partial charge in [0.1, 0.15) is 11.4 Å². The second kappa shape index (κ2) is 5.62. The van der Waals surface area contributed by atoms with E-state index in [0.29, 0.717) is 19.3 Å². The van der Waals surface area contributed by atoms with Crippen molar-refractivity contribution < 1.29 is 18.7 Å². The molecule has 2 aromatic rings. The predicted octanol–water partition coefficient (Wildman–Crippen LogP) is 2.91. The van der Waals surface area contributed by atoms with Crippen LogP contribution in [-0.2, 0) is 0 Å². The Kier molecular flexibility index (Phi) is 3.64. The fraction of sp³-hybridized carbons (Fsp3) is 0.444. The average molecular weight is 348 g/mol. The second-order valence-electron chi connectivity index (χ2n) is 7.07. The summed E-state index contributed by atoms with van der Waals surface area (Å²) in [7, 11) is 0. The maximum atomic E-state index is 15.3. The minimum Gasteiger partial charge on any atom is -0.477 e. The van der Waals surface area contributed by atoms with Crippen LogP contribution in [0.25, 0.3) is 10.9 Å². The van der Waals surface area contributed by atoms with Crippen LogP contribution in [0.2, 0.25) is 0 Å². The van der Waals surface area contributed by atoms with E-state index in [0.717, 1.165) is 18.9 Å². The molecular weight excluding hydrogens is 330 g/mol. The fourth-order valence-corrected chi connectivity index (χ4v) is 3.90. The lowest BCUT2D eigenvalue weighted by Crippen LogP contribution is -2.21. The Bertz CT molecular complexity index is 950. The van der Waals surface area contributed by atoms with E-state index in [2.05, 4.69) is 0 Å². The predicted molar refractivity (Wildman–Crippen MR) is 87.9 cm³/mol. The van der Waals surface area contributed by atoms with E-state index >= 15 is 4.39 Å². The summed E-state index contributed by atoms with van der Waals surface area (Å²) in [4.78, 5) is 23.7. The first-order chi connectivity index (χ1) is 11.9. The Morgan fingerprint density at radius 1 is 1.24 bits per heavy atom.